The third-order valence-corrected chi connectivity index (χ3v) is 3.46. The molecular formula is C20H30O3. The molecule has 0 radical (unpaired) electrons. The molecule has 3 heteroatoms. The largest absolute Gasteiger partial charge is 0.454 e. The van der Waals surface area contributed by atoms with E-state index in [0.717, 1.165) is 5.57 Å². The highest BCUT2D eigenvalue weighted by Crippen LogP contribution is 2.16. The standard InChI is InChI=1S/C20H30O3/c1-8-16(5)19(21)23-18(13-12-15(3)4)17(6)11-10-14-20(7,22)9-2/h8-12,14,18,22H,2,13H2,1,3-7H3. The zero-order chi connectivity index (χ0) is 18.0. The van der Waals surface area contributed by atoms with E-state index in [0.29, 0.717) is 12.0 Å². The maximum Gasteiger partial charge on any atom is 0.333 e. The van der Waals surface area contributed by atoms with E-state index in [1.165, 1.54) is 11.6 Å². The van der Waals surface area contributed by atoms with E-state index in [4.69, 9.17) is 4.74 Å². The third kappa shape index (κ3) is 8.99. The first-order chi connectivity index (χ1) is 10.6. The maximum absolute atomic E-state index is 12.0. The van der Waals surface area contributed by atoms with E-state index in [-0.39, 0.29) is 12.1 Å². The Kier molecular flexibility index (Phi) is 9.19. The molecule has 0 aromatic rings. The third-order valence-electron chi connectivity index (χ3n) is 3.46. The number of rotatable bonds is 8. The van der Waals surface area contributed by atoms with Crippen LogP contribution in [0.25, 0.3) is 0 Å². The van der Waals surface area contributed by atoms with Gasteiger partial charge in [-0.15, -0.1) is 0 Å². The number of carbonyl (C=O) groups excluding carboxylic acids is 1. The quantitative estimate of drug-likeness (QED) is 0.306. The average Bonchev–Trinajstić information content (AvgIpc) is 2.49. The lowest BCUT2D eigenvalue weighted by atomic mass is 10.0. The number of hydrogen-bond acceptors (Lipinski definition) is 3. The van der Waals surface area contributed by atoms with Gasteiger partial charge in [-0.1, -0.05) is 42.5 Å². The summed E-state index contributed by atoms with van der Waals surface area (Å²) in [6, 6.07) is 0. The average molecular weight is 318 g/mol. The molecule has 128 valence electrons. The van der Waals surface area contributed by atoms with E-state index in [2.05, 4.69) is 6.58 Å². The molecular weight excluding hydrogens is 288 g/mol. The monoisotopic (exact) mass is 318 g/mol. The van der Waals surface area contributed by atoms with Crippen molar-refractivity contribution in [2.45, 2.75) is 59.7 Å². The lowest BCUT2D eigenvalue weighted by molar-refractivity contribution is -0.142. The highest BCUT2D eigenvalue weighted by Gasteiger charge is 2.16. The Bertz CT molecular complexity index is 527. The Morgan fingerprint density at radius 1 is 1.30 bits per heavy atom. The van der Waals surface area contributed by atoms with Gasteiger partial charge in [0.25, 0.3) is 0 Å². The Morgan fingerprint density at radius 3 is 2.39 bits per heavy atom. The van der Waals surface area contributed by atoms with Gasteiger partial charge in [-0.3, -0.25) is 0 Å². The molecule has 2 unspecified atom stereocenters. The zero-order valence-corrected chi connectivity index (χ0v) is 15.2. The molecule has 0 saturated carbocycles. The van der Waals surface area contributed by atoms with Crippen molar-refractivity contribution in [2.75, 3.05) is 0 Å². The molecule has 23 heavy (non-hydrogen) atoms. The molecule has 0 amide bonds. The molecule has 0 aliphatic carbocycles. The fourth-order valence-corrected chi connectivity index (χ4v) is 1.58. The summed E-state index contributed by atoms with van der Waals surface area (Å²) in [6.45, 7) is 14.7. The molecule has 0 rings (SSSR count). The van der Waals surface area contributed by atoms with Gasteiger partial charge in [0.15, 0.2) is 0 Å². The molecule has 0 fully saturated rings. The van der Waals surface area contributed by atoms with E-state index in [1.807, 2.05) is 39.8 Å². The lowest BCUT2D eigenvalue weighted by Gasteiger charge is -2.18. The SMILES string of the molecule is C=CC(C)(O)C=CC=C(C)C(CC=C(C)C)OC(=O)C(C)=CC. The Balaban J connectivity index is 5.22. The van der Waals surface area contributed by atoms with Crippen LogP contribution >= 0.6 is 0 Å². The van der Waals surface area contributed by atoms with Gasteiger partial charge in [-0.2, -0.15) is 0 Å². The number of allylic oxidation sites excluding steroid dienone is 4. The Labute approximate surface area is 140 Å². The van der Waals surface area contributed by atoms with Crippen molar-refractivity contribution in [3.63, 3.8) is 0 Å². The van der Waals surface area contributed by atoms with Crippen LogP contribution in [-0.2, 0) is 9.53 Å². The minimum absolute atomic E-state index is 0.311. The van der Waals surface area contributed by atoms with Gasteiger partial charge < -0.3 is 9.84 Å². The van der Waals surface area contributed by atoms with E-state index >= 15 is 0 Å². The summed E-state index contributed by atoms with van der Waals surface area (Å²) in [7, 11) is 0. The van der Waals surface area contributed by atoms with Gasteiger partial charge in [-0.25, -0.2) is 4.79 Å². The first-order valence-electron chi connectivity index (χ1n) is 7.82. The van der Waals surface area contributed by atoms with E-state index in [9.17, 15) is 9.90 Å². The number of hydrogen-bond donors (Lipinski definition) is 1. The summed E-state index contributed by atoms with van der Waals surface area (Å²) in [5.74, 6) is -0.311. The summed E-state index contributed by atoms with van der Waals surface area (Å²) >= 11 is 0. The highest BCUT2D eigenvalue weighted by atomic mass is 16.5. The molecule has 0 spiro atoms. The number of aliphatic hydroxyl groups is 1. The van der Waals surface area contributed by atoms with E-state index in [1.54, 1.807) is 32.1 Å². The first-order valence-corrected chi connectivity index (χ1v) is 7.82. The molecule has 0 aromatic carbocycles. The van der Waals surface area contributed by atoms with Crippen molar-refractivity contribution in [3.8, 4) is 0 Å². The van der Waals surface area contributed by atoms with Crippen molar-refractivity contribution in [1.29, 1.82) is 0 Å². The summed E-state index contributed by atoms with van der Waals surface area (Å²) in [5, 5.41) is 9.86. The second-order valence-electron chi connectivity index (χ2n) is 6.08. The van der Waals surface area contributed by atoms with Crippen LogP contribution in [0.4, 0.5) is 0 Å². The maximum atomic E-state index is 12.0. The van der Waals surface area contributed by atoms with Gasteiger partial charge >= 0.3 is 5.97 Å². The van der Waals surface area contributed by atoms with Gasteiger partial charge in [-0.05, 0) is 53.2 Å². The molecule has 0 aromatic heterocycles. The fourth-order valence-electron chi connectivity index (χ4n) is 1.58. The molecule has 0 saturated heterocycles. The molecule has 0 aliphatic heterocycles. The fraction of sp³-hybridized carbons (Fsp3) is 0.450. The van der Waals surface area contributed by atoms with Crippen LogP contribution in [0.1, 0.15) is 48.0 Å². The van der Waals surface area contributed by atoms with Gasteiger partial charge in [0.2, 0.25) is 0 Å². The number of carbonyl (C=O) groups is 1. The molecule has 0 aliphatic rings. The normalized spacial score (nSPS) is 16.7. The number of esters is 1. The summed E-state index contributed by atoms with van der Waals surface area (Å²) in [4.78, 5) is 12.0. The van der Waals surface area contributed by atoms with Crippen molar-refractivity contribution >= 4 is 5.97 Å². The molecule has 1 N–H and O–H groups in total. The molecule has 2 atom stereocenters. The van der Waals surface area contributed by atoms with E-state index < -0.39 is 5.60 Å². The summed E-state index contributed by atoms with van der Waals surface area (Å²) in [5.41, 5.74) is 1.62. The van der Waals surface area contributed by atoms with Crippen LogP contribution < -0.4 is 0 Å². The predicted octanol–water partition coefficient (Wildman–Crippen LogP) is 4.66. The minimum atomic E-state index is -1.05. The second kappa shape index (κ2) is 10.0. The molecule has 0 heterocycles. The molecule has 3 nitrogen and oxygen atoms in total. The number of ether oxygens (including phenoxy) is 1. The van der Waals surface area contributed by atoms with Crippen LogP contribution in [-0.4, -0.2) is 22.8 Å². The van der Waals surface area contributed by atoms with Crippen molar-refractivity contribution in [2.24, 2.45) is 0 Å². The predicted molar refractivity (Wildman–Crippen MR) is 97.1 cm³/mol. The smallest absolute Gasteiger partial charge is 0.333 e. The van der Waals surface area contributed by atoms with Crippen molar-refractivity contribution in [1.82, 2.24) is 0 Å². The Hall–Kier alpha value is -1.87. The van der Waals surface area contributed by atoms with Crippen molar-refractivity contribution in [3.05, 3.63) is 59.8 Å². The Morgan fingerprint density at radius 2 is 1.91 bits per heavy atom. The van der Waals surface area contributed by atoms with Gasteiger partial charge in [0.1, 0.15) is 6.10 Å². The molecule has 0 bridgehead atoms. The van der Waals surface area contributed by atoms with Crippen molar-refractivity contribution < 1.29 is 14.6 Å². The van der Waals surface area contributed by atoms with Crippen LogP contribution in [0.3, 0.4) is 0 Å². The lowest BCUT2D eigenvalue weighted by Crippen LogP contribution is -2.20. The van der Waals surface area contributed by atoms with Crippen LogP contribution in [0.5, 0.6) is 0 Å². The van der Waals surface area contributed by atoms with Crippen LogP contribution in [0, 0.1) is 0 Å². The zero-order valence-electron chi connectivity index (χ0n) is 15.2. The summed E-state index contributed by atoms with van der Waals surface area (Å²) < 4.78 is 5.59. The summed E-state index contributed by atoms with van der Waals surface area (Å²) in [6.07, 6.45) is 10.8. The first kappa shape index (κ1) is 21.1. The van der Waals surface area contributed by atoms with Crippen LogP contribution in [0.2, 0.25) is 0 Å². The topological polar surface area (TPSA) is 46.5 Å². The minimum Gasteiger partial charge on any atom is -0.454 e. The van der Waals surface area contributed by atoms with Gasteiger partial charge in [0.05, 0.1) is 5.60 Å². The van der Waals surface area contributed by atoms with Crippen LogP contribution in [0.15, 0.2) is 59.8 Å². The second-order valence-corrected chi connectivity index (χ2v) is 6.08. The highest BCUT2D eigenvalue weighted by molar-refractivity contribution is 5.87. The van der Waals surface area contributed by atoms with Gasteiger partial charge in [0, 0.05) is 12.0 Å².